The first-order valence-electron chi connectivity index (χ1n) is 5.75. The van der Waals surface area contributed by atoms with Gasteiger partial charge in [0.2, 0.25) is 0 Å². The van der Waals surface area contributed by atoms with Gasteiger partial charge in [0.15, 0.2) is 11.6 Å². The van der Waals surface area contributed by atoms with Crippen LogP contribution in [0.15, 0.2) is 12.3 Å². The topological polar surface area (TPSA) is 51.4 Å². The highest BCUT2D eigenvalue weighted by Gasteiger charge is 2.20. The molecule has 1 aromatic rings. The summed E-state index contributed by atoms with van der Waals surface area (Å²) >= 11 is 0. The Hall–Kier alpha value is -1.45. The van der Waals surface area contributed by atoms with E-state index in [0.717, 1.165) is 30.6 Å². The van der Waals surface area contributed by atoms with Gasteiger partial charge in [-0.05, 0) is 18.8 Å². The molecule has 1 saturated heterocycles. The number of nitrogens with two attached hydrogens (primary N) is 1. The van der Waals surface area contributed by atoms with E-state index in [4.69, 9.17) is 10.5 Å². The maximum Gasteiger partial charge on any atom is 0.171 e. The molecule has 4 heteroatoms. The lowest BCUT2D eigenvalue weighted by Crippen LogP contribution is -2.35. The van der Waals surface area contributed by atoms with Gasteiger partial charge in [-0.15, -0.1) is 0 Å². The minimum absolute atomic E-state index is 0.644. The third-order valence-corrected chi connectivity index (χ3v) is 3.03. The summed E-state index contributed by atoms with van der Waals surface area (Å²) in [5.74, 6) is 2.41. The normalized spacial score (nSPS) is 20.9. The van der Waals surface area contributed by atoms with Crippen LogP contribution in [0.1, 0.15) is 19.8 Å². The molecular formula is C12H19N3O. The number of aromatic nitrogens is 1. The third-order valence-electron chi connectivity index (χ3n) is 3.03. The first-order valence-corrected chi connectivity index (χ1v) is 5.75. The number of methoxy groups -OCH3 is 1. The zero-order chi connectivity index (χ0) is 11.5. The van der Waals surface area contributed by atoms with E-state index in [2.05, 4.69) is 16.8 Å². The summed E-state index contributed by atoms with van der Waals surface area (Å²) in [5, 5.41) is 0. The zero-order valence-electron chi connectivity index (χ0n) is 9.94. The highest BCUT2D eigenvalue weighted by Crippen LogP contribution is 2.30. The summed E-state index contributed by atoms with van der Waals surface area (Å²) in [6.07, 6.45) is 4.21. The van der Waals surface area contributed by atoms with E-state index in [-0.39, 0.29) is 0 Å². The van der Waals surface area contributed by atoms with Crippen LogP contribution in [0.25, 0.3) is 0 Å². The fourth-order valence-electron chi connectivity index (χ4n) is 2.22. The molecule has 16 heavy (non-hydrogen) atoms. The Kier molecular flexibility index (Phi) is 3.17. The Labute approximate surface area is 96.4 Å². The van der Waals surface area contributed by atoms with Gasteiger partial charge in [0.1, 0.15) is 0 Å². The van der Waals surface area contributed by atoms with E-state index in [0.29, 0.717) is 5.69 Å². The van der Waals surface area contributed by atoms with E-state index in [1.54, 1.807) is 13.3 Å². The number of anilines is 2. The molecular weight excluding hydrogens is 202 g/mol. The van der Waals surface area contributed by atoms with Crippen molar-refractivity contribution >= 4 is 11.5 Å². The van der Waals surface area contributed by atoms with Gasteiger partial charge in [-0.25, -0.2) is 4.98 Å². The van der Waals surface area contributed by atoms with Crippen LogP contribution in [0, 0.1) is 5.92 Å². The minimum Gasteiger partial charge on any atom is -0.493 e. The number of ether oxygens (including phenoxy) is 1. The van der Waals surface area contributed by atoms with Gasteiger partial charge < -0.3 is 15.4 Å². The fraction of sp³-hybridized carbons (Fsp3) is 0.583. The molecule has 0 spiro atoms. The molecule has 88 valence electrons. The van der Waals surface area contributed by atoms with Gasteiger partial charge in [0.25, 0.3) is 0 Å². The molecule has 0 saturated carbocycles. The van der Waals surface area contributed by atoms with Gasteiger partial charge >= 0.3 is 0 Å². The fourth-order valence-corrected chi connectivity index (χ4v) is 2.22. The van der Waals surface area contributed by atoms with Gasteiger partial charge in [-0.3, -0.25) is 0 Å². The summed E-state index contributed by atoms with van der Waals surface area (Å²) in [7, 11) is 1.66. The SMILES string of the molecule is COc1cc(N)cnc1N1CCCC(C)C1. The van der Waals surface area contributed by atoms with E-state index >= 15 is 0 Å². The Morgan fingerprint density at radius 2 is 2.38 bits per heavy atom. The molecule has 4 nitrogen and oxygen atoms in total. The number of pyridine rings is 1. The first kappa shape index (κ1) is 11.0. The van der Waals surface area contributed by atoms with Crippen molar-refractivity contribution in [3.05, 3.63) is 12.3 Å². The molecule has 2 N–H and O–H groups in total. The van der Waals surface area contributed by atoms with Crippen molar-refractivity contribution in [2.45, 2.75) is 19.8 Å². The zero-order valence-corrected chi connectivity index (χ0v) is 9.94. The van der Waals surface area contributed by atoms with Gasteiger partial charge in [0, 0.05) is 19.2 Å². The van der Waals surface area contributed by atoms with Crippen molar-refractivity contribution in [2.75, 3.05) is 30.8 Å². The summed E-state index contributed by atoms with van der Waals surface area (Å²) in [6, 6.07) is 1.83. The van der Waals surface area contributed by atoms with Crippen molar-refractivity contribution in [2.24, 2.45) is 5.92 Å². The summed E-state index contributed by atoms with van der Waals surface area (Å²) < 4.78 is 5.33. The van der Waals surface area contributed by atoms with Crippen molar-refractivity contribution in [3.63, 3.8) is 0 Å². The molecule has 1 aliphatic rings. The number of hydrogen-bond donors (Lipinski definition) is 1. The molecule has 0 radical (unpaired) electrons. The molecule has 1 aromatic heterocycles. The maximum atomic E-state index is 5.70. The Morgan fingerprint density at radius 1 is 1.56 bits per heavy atom. The van der Waals surface area contributed by atoms with Crippen LogP contribution in [-0.2, 0) is 0 Å². The Balaban J connectivity index is 2.24. The second kappa shape index (κ2) is 4.60. The minimum atomic E-state index is 0.644. The molecule has 0 bridgehead atoms. The van der Waals surface area contributed by atoms with Crippen LogP contribution >= 0.6 is 0 Å². The monoisotopic (exact) mass is 221 g/mol. The van der Waals surface area contributed by atoms with Gasteiger partial charge in [-0.1, -0.05) is 6.92 Å². The van der Waals surface area contributed by atoms with Gasteiger partial charge in [-0.2, -0.15) is 0 Å². The molecule has 2 heterocycles. The molecule has 1 atom stereocenters. The third kappa shape index (κ3) is 2.21. The van der Waals surface area contributed by atoms with Crippen LogP contribution in [0.3, 0.4) is 0 Å². The molecule has 1 aliphatic heterocycles. The molecule has 1 unspecified atom stereocenters. The first-order chi connectivity index (χ1) is 7.70. The summed E-state index contributed by atoms with van der Waals surface area (Å²) in [4.78, 5) is 6.67. The van der Waals surface area contributed by atoms with Crippen molar-refractivity contribution in [1.82, 2.24) is 4.98 Å². The number of nitrogen functional groups attached to an aromatic ring is 1. The lowest BCUT2D eigenvalue weighted by molar-refractivity contribution is 0.402. The summed E-state index contributed by atoms with van der Waals surface area (Å²) in [5.41, 5.74) is 6.34. The van der Waals surface area contributed by atoms with E-state index in [1.807, 2.05) is 6.07 Å². The molecule has 2 rings (SSSR count). The highest BCUT2D eigenvalue weighted by molar-refractivity contribution is 5.58. The molecule has 0 aliphatic carbocycles. The second-order valence-corrected chi connectivity index (χ2v) is 4.49. The molecule has 0 amide bonds. The van der Waals surface area contributed by atoms with E-state index in [9.17, 15) is 0 Å². The van der Waals surface area contributed by atoms with Crippen LogP contribution in [0.4, 0.5) is 11.5 Å². The Bertz CT molecular complexity index is 367. The molecule has 0 aromatic carbocycles. The Morgan fingerprint density at radius 3 is 3.06 bits per heavy atom. The largest absolute Gasteiger partial charge is 0.493 e. The van der Waals surface area contributed by atoms with Crippen LogP contribution in [0.2, 0.25) is 0 Å². The number of hydrogen-bond acceptors (Lipinski definition) is 4. The lowest BCUT2D eigenvalue weighted by Gasteiger charge is -2.32. The predicted octanol–water partition coefficient (Wildman–Crippen LogP) is 1.91. The van der Waals surface area contributed by atoms with Crippen LogP contribution in [-0.4, -0.2) is 25.2 Å². The average Bonchev–Trinajstić information content (AvgIpc) is 2.28. The van der Waals surface area contributed by atoms with E-state index in [1.165, 1.54) is 12.8 Å². The summed E-state index contributed by atoms with van der Waals surface area (Å²) in [6.45, 7) is 4.38. The van der Waals surface area contributed by atoms with Crippen molar-refractivity contribution < 1.29 is 4.74 Å². The average molecular weight is 221 g/mol. The number of rotatable bonds is 2. The lowest BCUT2D eigenvalue weighted by atomic mass is 10.0. The van der Waals surface area contributed by atoms with Crippen molar-refractivity contribution in [1.29, 1.82) is 0 Å². The van der Waals surface area contributed by atoms with E-state index < -0.39 is 0 Å². The van der Waals surface area contributed by atoms with Crippen LogP contribution in [0.5, 0.6) is 5.75 Å². The quantitative estimate of drug-likeness (QED) is 0.828. The number of piperidine rings is 1. The predicted molar refractivity (Wildman–Crippen MR) is 65.8 cm³/mol. The van der Waals surface area contributed by atoms with Gasteiger partial charge in [0.05, 0.1) is 19.0 Å². The molecule has 1 fully saturated rings. The number of nitrogens with zero attached hydrogens (tertiary/aromatic N) is 2. The van der Waals surface area contributed by atoms with Crippen molar-refractivity contribution in [3.8, 4) is 5.75 Å². The highest BCUT2D eigenvalue weighted by atomic mass is 16.5. The smallest absolute Gasteiger partial charge is 0.171 e. The van der Waals surface area contributed by atoms with Crippen LogP contribution < -0.4 is 15.4 Å². The standard InChI is InChI=1S/C12H19N3O/c1-9-4-3-5-15(8-9)12-11(16-2)6-10(13)7-14-12/h6-7,9H,3-5,8,13H2,1-2H3. The second-order valence-electron chi connectivity index (χ2n) is 4.49. The maximum absolute atomic E-state index is 5.70.